The van der Waals surface area contributed by atoms with Crippen LogP contribution in [0.2, 0.25) is 5.15 Å². The number of hydrogen-bond donors (Lipinski definition) is 0. The zero-order valence-corrected chi connectivity index (χ0v) is 12.4. The van der Waals surface area contributed by atoms with Gasteiger partial charge in [-0.05, 0) is 13.5 Å². The summed E-state index contributed by atoms with van der Waals surface area (Å²) in [6.07, 6.45) is -4.54. The number of hydrogen-bond acceptors (Lipinski definition) is 4. The Morgan fingerprint density at radius 2 is 2.15 bits per heavy atom. The van der Waals surface area contributed by atoms with Crippen LogP contribution in [0.25, 0.3) is 0 Å². The molecule has 1 aromatic heterocycles. The Morgan fingerprint density at radius 1 is 1.50 bits per heavy atom. The highest BCUT2D eigenvalue weighted by molar-refractivity contribution is 8.14. The fourth-order valence-corrected chi connectivity index (χ4v) is 3.53. The van der Waals surface area contributed by atoms with E-state index >= 15 is 0 Å². The molecule has 1 aromatic rings. The summed E-state index contributed by atoms with van der Waals surface area (Å²) in [5.41, 5.74) is -1.04. The van der Waals surface area contributed by atoms with Gasteiger partial charge in [-0.3, -0.25) is 14.4 Å². The lowest BCUT2D eigenvalue weighted by atomic mass is 10.2. The van der Waals surface area contributed by atoms with Crippen molar-refractivity contribution in [3.63, 3.8) is 0 Å². The third kappa shape index (κ3) is 2.96. The van der Waals surface area contributed by atoms with Gasteiger partial charge >= 0.3 is 6.18 Å². The van der Waals surface area contributed by atoms with E-state index in [2.05, 4.69) is 5.10 Å². The van der Waals surface area contributed by atoms with Crippen molar-refractivity contribution < 1.29 is 18.0 Å². The van der Waals surface area contributed by atoms with Crippen LogP contribution in [0.3, 0.4) is 0 Å². The van der Waals surface area contributed by atoms with Gasteiger partial charge in [-0.2, -0.15) is 18.3 Å². The number of carbonyl (C=O) groups is 1. The number of halogens is 4. The van der Waals surface area contributed by atoms with E-state index in [0.29, 0.717) is 6.54 Å². The van der Waals surface area contributed by atoms with Crippen LogP contribution in [-0.2, 0) is 17.5 Å². The standard InChI is InChI=1S/C11H13ClF3N3OS/c1-3-17-6(2)20-10(19)7(17)5-18-9(12)4-8(16-18)11(13,14)15/h4,6-7H,3,5H2,1-2H3. The monoisotopic (exact) mass is 327 g/mol. The van der Waals surface area contributed by atoms with Gasteiger partial charge in [-0.25, -0.2) is 0 Å². The molecular weight excluding hydrogens is 315 g/mol. The van der Waals surface area contributed by atoms with E-state index in [9.17, 15) is 18.0 Å². The second kappa shape index (κ2) is 5.57. The quantitative estimate of drug-likeness (QED) is 0.855. The van der Waals surface area contributed by atoms with E-state index in [4.69, 9.17) is 11.6 Å². The van der Waals surface area contributed by atoms with Crippen molar-refractivity contribution in [1.82, 2.24) is 14.7 Å². The molecule has 2 unspecified atom stereocenters. The molecule has 0 radical (unpaired) electrons. The fourth-order valence-electron chi connectivity index (χ4n) is 2.18. The van der Waals surface area contributed by atoms with Crippen LogP contribution in [0.5, 0.6) is 0 Å². The molecule has 1 aliphatic heterocycles. The number of likely N-dealkylation sites (N-methyl/N-ethyl adjacent to an activating group) is 1. The van der Waals surface area contributed by atoms with Gasteiger partial charge in [0.1, 0.15) is 11.2 Å². The highest BCUT2D eigenvalue weighted by Crippen LogP contribution is 2.33. The highest BCUT2D eigenvalue weighted by atomic mass is 35.5. The molecule has 0 aliphatic carbocycles. The number of thioether (sulfide) groups is 1. The largest absolute Gasteiger partial charge is 0.435 e. The summed E-state index contributed by atoms with van der Waals surface area (Å²) in [5, 5.41) is 3.26. The first-order chi connectivity index (χ1) is 9.24. The molecule has 0 N–H and O–H groups in total. The molecule has 9 heteroatoms. The molecule has 1 aliphatic rings. The predicted molar refractivity (Wildman–Crippen MR) is 70.5 cm³/mol. The summed E-state index contributed by atoms with van der Waals surface area (Å²) in [5.74, 6) is 0. The second-order valence-corrected chi connectivity index (χ2v) is 6.12. The van der Waals surface area contributed by atoms with Crippen LogP contribution in [0, 0.1) is 0 Å². The number of rotatable bonds is 3. The first kappa shape index (κ1) is 15.7. The van der Waals surface area contributed by atoms with Crippen molar-refractivity contribution in [1.29, 1.82) is 0 Å². The molecule has 4 nitrogen and oxygen atoms in total. The number of aromatic nitrogens is 2. The lowest BCUT2D eigenvalue weighted by Gasteiger charge is -2.24. The maximum Gasteiger partial charge on any atom is 0.435 e. The van der Waals surface area contributed by atoms with Crippen molar-refractivity contribution >= 4 is 28.5 Å². The Kier molecular flexibility index (Phi) is 4.36. The van der Waals surface area contributed by atoms with Crippen LogP contribution in [-0.4, -0.2) is 37.8 Å². The van der Waals surface area contributed by atoms with Gasteiger partial charge in [0.15, 0.2) is 5.69 Å². The molecule has 112 valence electrons. The topological polar surface area (TPSA) is 38.1 Å². The van der Waals surface area contributed by atoms with E-state index in [1.54, 1.807) is 0 Å². The summed E-state index contributed by atoms with van der Waals surface area (Å²) in [6, 6.07) is 0.270. The first-order valence-corrected chi connectivity index (χ1v) is 7.26. The zero-order chi connectivity index (χ0) is 15.1. The van der Waals surface area contributed by atoms with Crippen molar-refractivity contribution in [3.8, 4) is 0 Å². The molecule has 0 aromatic carbocycles. The Labute approximate surface area is 123 Å². The Balaban J connectivity index is 2.22. The van der Waals surface area contributed by atoms with Crippen molar-refractivity contribution in [2.75, 3.05) is 6.54 Å². The molecule has 1 saturated heterocycles. The van der Waals surface area contributed by atoms with E-state index in [0.717, 1.165) is 10.7 Å². The summed E-state index contributed by atoms with van der Waals surface area (Å²) in [6.45, 7) is 4.45. The van der Waals surface area contributed by atoms with Gasteiger partial charge in [0.05, 0.1) is 11.9 Å². The van der Waals surface area contributed by atoms with E-state index in [-0.39, 0.29) is 22.2 Å². The average molecular weight is 328 g/mol. The lowest BCUT2D eigenvalue weighted by molar-refractivity contribution is -0.141. The Morgan fingerprint density at radius 3 is 2.65 bits per heavy atom. The molecule has 0 bridgehead atoms. The second-order valence-electron chi connectivity index (χ2n) is 4.41. The molecule has 1 fully saturated rings. The van der Waals surface area contributed by atoms with Gasteiger partial charge < -0.3 is 0 Å². The maximum absolute atomic E-state index is 12.6. The summed E-state index contributed by atoms with van der Waals surface area (Å²) in [4.78, 5) is 13.8. The molecule has 20 heavy (non-hydrogen) atoms. The summed E-state index contributed by atoms with van der Waals surface area (Å²) < 4.78 is 38.7. The maximum atomic E-state index is 12.6. The molecular formula is C11H13ClF3N3OS. The summed E-state index contributed by atoms with van der Waals surface area (Å²) in [7, 11) is 0. The predicted octanol–water partition coefficient (Wildman–Crippen LogP) is 2.87. The van der Waals surface area contributed by atoms with E-state index < -0.39 is 17.9 Å². The van der Waals surface area contributed by atoms with Crippen molar-refractivity contribution in [2.45, 2.75) is 38.0 Å². The fraction of sp³-hybridized carbons (Fsp3) is 0.636. The molecule has 0 spiro atoms. The summed E-state index contributed by atoms with van der Waals surface area (Å²) >= 11 is 6.95. The van der Waals surface area contributed by atoms with Crippen molar-refractivity contribution in [2.24, 2.45) is 0 Å². The SMILES string of the molecule is CCN1C(C)SC(=O)C1Cn1nc(C(F)(F)F)cc1Cl. The third-order valence-corrected chi connectivity index (χ3v) is 4.58. The number of carbonyl (C=O) groups excluding carboxylic acids is 1. The van der Waals surface area contributed by atoms with Gasteiger partial charge in [0.25, 0.3) is 0 Å². The number of alkyl halides is 3. The van der Waals surface area contributed by atoms with Gasteiger partial charge in [0, 0.05) is 6.07 Å². The van der Waals surface area contributed by atoms with Gasteiger partial charge in [0.2, 0.25) is 5.12 Å². The normalized spacial score (nSPS) is 24.6. The molecule has 0 saturated carbocycles. The van der Waals surface area contributed by atoms with Crippen LogP contribution < -0.4 is 0 Å². The molecule has 0 amide bonds. The molecule has 2 atom stereocenters. The van der Waals surface area contributed by atoms with Crippen LogP contribution in [0.4, 0.5) is 13.2 Å². The highest BCUT2D eigenvalue weighted by Gasteiger charge is 2.39. The molecule has 2 rings (SSSR count). The van der Waals surface area contributed by atoms with Crippen LogP contribution >= 0.6 is 23.4 Å². The lowest BCUT2D eigenvalue weighted by Crippen LogP contribution is -2.39. The molecule has 2 heterocycles. The average Bonchev–Trinajstić information content (AvgIpc) is 2.81. The van der Waals surface area contributed by atoms with Crippen LogP contribution in [0.1, 0.15) is 19.5 Å². The Hall–Kier alpha value is -0.730. The number of nitrogens with zero attached hydrogens (tertiary/aromatic N) is 3. The zero-order valence-electron chi connectivity index (χ0n) is 10.8. The van der Waals surface area contributed by atoms with Gasteiger partial charge in [-0.15, -0.1) is 0 Å². The van der Waals surface area contributed by atoms with E-state index in [1.165, 1.54) is 11.8 Å². The Bertz CT molecular complexity index is 520. The minimum absolute atomic E-state index is 0.00826. The minimum Gasteiger partial charge on any atom is -0.285 e. The van der Waals surface area contributed by atoms with E-state index in [1.807, 2.05) is 18.7 Å². The third-order valence-electron chi connectivity index (χ3n) is 3.16. The van der Waals surface area contributed by atoms with Crippen LogP contribution in [0.15, 0.2) is 6.07 Å². The smallest absolute Gasteiger partial charge is 0.285 e. The van der Waals surface area contributed by atoms with Gasteiger partial charge in [-0.1, -0.05) is 30.3 Å². The minimum atomic E-state index is -4.54. The van der Waals surface area contributed by atoms with Crippen molar-refractivity contribution in [3.05, 3.63) is 16.9 Å². The first-order valence-electron chi connectivity index (χ1n) is 6.00.